The van der Waals surface area contributed by atoms with Gasteiger partial charge in [0.1, 0.15) is 0 Å². The van der Waals surface area contributed by atoms with Gasteiger partial charge in [0.2, 0.25) is 0 Å². The summed E-state index contributed by atoms with van der Waals surface area (Å²) in [5.41, 5.74) is -0.103. The van der Waals surface area contributed by atoms with E-state index in [1.807, 2.05) is 0 Å². The SMILES string of the molecule is CCCNC(CC)CSc1n[nH]c(=O)n1CCC. The van der Waals surface area contributed by atoms with Gasteiger partial charge in [0.15, 0.2) is 5.16 Å². The van der Waals surface area contributed by atoms with E-state index >= 15 is 0 Å². The summed E-state index contributed by atoms with van der Waals surface area (Å²) < 4.78 is 1.72. The van der Waals surface area contributed by atoms with E-state index in [-0.39, 0.29) is 5.69 Å². The van der Waals surface area contributed by atoms with Crippen molar-refractivity contribution in [3.05, 3.63) is 10.5 Å². The lowest BCUT2D eigenvalue weighted by Gasteiger charge is -2.15. The van der Waals surface area contributed by atoms with E-state index in [0.717, 1.165) is 43.3 Å². The molecule has 2 N–H and O–H groups in total. The lowest BCUT2D eigenvalue weighted by molar-refractivity contribution is 0.537. The quantitative estimate of drug-likeness (QED) is 0.674. The lowest BCUT2D eigenvalue weighted by atomic mass is 10.2. The van der Waals surface area contributed by atoms with Crippen molar-refractivity contribution in [1.29, 1.82) is 0 Å². The van der Waals surface area contributed by atoms with Crippen LogP contribution >= 0.6 is 11.8 Å². The molecule has 6 heteroatoms. The fourth-order valence-corrected chi connectivity index (χ4v) is 2.82. The zero-order valence-electron chi connectivity index (χ0n) is 11.5. The number of hydrogen-bond donors (Lipinski definition) is 2. The van der Waals surface area contributed by atoms with Crippen LogP contribution in [0.4, 0.5) is 0 Å². The van der Waals surface area contributed by atoms with Gasteiger partial charge >= 0.3 is 5.69 Å². The molecule has 18 heavy (non-hydrogen) atoms. The number of rotatable bonds is 9. The first kappa shape index (κ1) is 15.3. The third kappa shape index (κ3) is 4.49. The largest absolute Gasteiger partial charge is 0.343 e. The third-order valence-electron chi connectivity index (χ3n) is 2.76. The molecule has 1 atom stereocenters. The molecule has 1 unspecified atom stereocenters. The molecular weight excluding hydrogens is 248 g/mol. The van der Waals surface area contributed by atoms with Gasteiger partial charge in [0.05, 0.1) is 0 Å². The van der Waals surface area contributed by atoms with Crippen molar-refractivity contribution >= 4 is 11.8 Å². The van der Waals surface area contributed by atoms with Crippen LogP contribution in [-0.2, 0) is 6.54 Å². The Morgan fingerprint density at radius 3 is 2.78 bits per heavy atom. The number of nitrogens with zero attached hydrogens (tertiary/aromatic N) is 2. The van der Waals surface area contributed by atoms with Crippen molar-refractivity contribution < 1.29 is 0 Å². The van der Waals surface area contributed by atoms with Gasteiger partial charge in [-0.05, 0) is 25.8 Å². The van der Waals surface area contributed by atoms with Crippen molar-refractivity contribution in [1.82, 2.24) is 20.1 Å². The van der Waals surface area contributed by atoms with Crippen LogP contribution in [0.15, 0.2) is 9.95 Å². The molecule has 5 nitrogen and oxygen atoms in total. The normalized spacial score (nSPS) is 12.8. The summed E-state index contributed by atoms with van der Waals surface area (Å²) in [6, 6.07) is 0.483. The lowest BCUT2D eigenvalue weighted by Crippen LogP contribution is -2.31. The Morgan fingerprint density at radius 1 is 1.39 bits per heavy atom. The molecular formula is C12H24N4OS. The second-order valence-corrected chi connectivity index (χ2v) is 5.32. The first-order valence-electron chi connectivity index (χ1n) is 6.74. The minimum Gasteiger partial charge on any atom is -0.313 e. The highest BCUT2D eigenvalue weighted by Crippen LogP contribution is 2.15. The van der Waals surface area contributed by atoms with Crippen molar-refractivity contribution in [2.45, 2.75) is 57.8 Å². The molecule has 104 valence electrons. The summed E-state index contributed by atoms with van der Waals surface area (Å²) in [4.78, 5) is 11.5. The first-order chi connectivity index (χ1) is 8.72. The Balaban J connectivity index is 2.53. The third-order valence-corrected chi connectivity index (χ3v) is 3.90. The molecule has 0 saturated heterocycles. The van der Waals surface area contributed by atoms with Crippen LogP contribution in [0.3, 0.4) is 0 Å². The maximum absolute atomic E-state index is 11.5. The van der Waals surface area contributed by atoms with Crippen LogP contribution in [-0.4, -0.2) is 33.1 Å². The van der Waals surface area contributed by atoms with E-state index in [4.69, 9.17) is 0 Å². The van der Waals surface area contributed by atoms with E-state index in [0.29, 0.717) is 6.04 Å². The van der Waals surface area contributed by atoms with E-state index in [1.165, 1.54) is 0 Å². The minimum absolute atomic E-state index is 0.103. The van der Waals surface area contributed by atoms with Gasteiger partial charge < -0.3 is 5.32 Å². The fourth-order valence-electron chi connectivity index (χ4n) is 1.68. The molecule has 0 bridgehead atoms. The zero-order valence-corrected chi connectivity index (χ0v) is 12.3. The standard InChI is InChI=1S/C12H24N4OS/c1-4-7-13-10(6-3)9-18-12-15-14-11(17)16(12)8-5-2/h10,13H,4-9H2,1-3H3,(H,14,17). The number of nitrogens with one attached hydrogen (secondary N) is 2. The summed E-state index contributed by atoms with van der Waals surface area (Å²) in [7, 11) is 0. The van der Waals surface area contributed by atoms with Gasteiger partial charge in [-0.2, -0.15) is 0 Å². The maximum Gasteiger partial charge on any atom is 0.343 e. The van der Waals surface area contributed by atoms with Crippen LogP contribution in [0.1, 0.15) is 40.0 Å². The molecule has 1 rings (SSSR count). The number of aromatic amines is 1. The first-order valence-corrected chi connectivity index (χ1v) is 7.72. The molecule has 0 amide bonds. The second kappa shape index (κ2) is 8.37. The second-order valence-electron chi connectivity index (χ2n) is 4.33. The Morgan fingerprint density at radius 2 is 2.17 bits per heavy atom. The highest BCUT2D eigenvalue weighted by atomic mass is 32.2. The van der Waals surface area contributed by atoms with Crippen molar-refractivity contribution in [2.75, 3.05) is 12.3 Å². The van der Waals surface area contributed by atoms with Gasteiger partial charge in [-0.15, -0.1) is 5.10 Å². The molecule has 0 spiro atoms. The molecule has 0 aliphatic carbocycles. The Kier molecular flexibility index (Phi) is 7.12. The van der Waals surface area contributed by atoms with Crippen LogP contribution in [0, 0.1) is 0 Å². The summed E-state index contributed by atoms with van der Waals surface area (Å²) in [5, 5.41) is 10.9. The van der Waals surface area contributed by atoms with Gasteiger partial charge in [0.25, 0.3) is 0 Å². The maximum atomic E-state index is 11.5. The van der Waals surface area contributed by atoms with Gasteiger partial charge in [-0.3, -0.25) is 4.57 Å². The van der Waals surface area contributed by atoms with Gasteiger partial charge in [-0.1, -0.05) is 32.5 Å². The molecule has 1 aromatic heterocycles. The number of aromatic nitrogens is 3. The van der Waals surface area contributed by atoms with Crippen LogP contribution < -0.4 is 11.0 Å². The molecule has 0 saturated carbocycles. The smallest absolute Gasteiger partial charge is 0.313 e. The monoisotopic (exact) mass is 272 g/mol. The highest BCUT2D eigenvalue weighted by Gasteiger charge is 2.11. The number of hydrogen-bond acceptors (Lipinski definition) is 4. The Hall–Kier alpha value is -0.750. The van der Waals surface area contributed by atoms with Crippen molar-refractivity contribution in [3.63, 3.8) is 0 Å². The predicted molar refractivity (Wildman–Crippen MR) is 76.2 cm³/mol. The summed E-state index contributed by atoms with van der Waals surface area (Å²) >= 11 is 1.65. The predicted octanol–water partition coefficient (Wildman–Crippen LogP) is 1.85. The van der Waals surface area contributed by atoms with Crippen molar-refractivity contribution in [3.8, 4) is 0 Å². The summed E-state index contributed by atoms with van der Waals surface area (Å²) in [6.45, 7) is 8.18. The molecule has 1 heterocycles. The molecule has 0 aliphatic heterocycles. The number of H-pyrrole nitrogens is 1. The van der Waals surface area contributed by atoms with E-state index in [1.54, 1.807) is 16.3 Å². The van der Waals surface area contributed by atoms with Gasteiger partial charge in [-0.25, -0.2) is 9.89 Å². The topological polar surface area (TPSA) is 62.7 Å². The van der Waals surface area contributed by atoms with Crippen LogP contribution in [0.5, 0.6) is 0 Å². The molecule has 0 radical (unpaired) electrons. The minimum atomic E-state index is -0.103. The molecule has 0 aromatic carbocycles. The summed E-state index contributed by atoms with van der Waals surface area (Å²) in [6.07, 6.45) is 3.18. The molecule has 0 fully saturated rings. The van der Waals surface area contributed by atoms with E-state index < -0.39 is 0 Å². The number of thioether (sulfide) groups is 1. The van der Waals surface area contributed by atoms with E-state index in [9.17, 15) is 4.79 Å². The van der Waals surface area contributed by atoms with E-state index in [2.05, 4.69) is 36.3 Å². The van der Waals surface area contributed by atoms with Crippen LogP contribution in [0.2, 0.25) is 0 Å². The average molecular weight is 272 g/mol. The van der Waals surface area contributed by atoms with Crippen molar-refractivity contribution in [2.24, 2.45) is 0 Å². The summed E-state index contributed by atoms with van der Waals surface area (Å²) in [5.74, 6) is 0.949. The molecule has 0 aliphatic rings. The Labute approximate surface area is 113 Å². The molecule has 1 aromatic rings. The Bertz CT molecular complexity index is 388. The fraction of sp³-hybridized carbons (Fsp3) is 0.833. The highest BCUT2D eigenvalue weighted by molar-refractivity contribution is 7.99. The van der Waals surface area contributed by atoms with Gasteiger partial charge in [0, 0.05) is 18.3 Å². The van der Waals surface area contributed by atoms with Crippen LogP contribution in [0.25, 0.3) is 0 Å². The average Bonchev–Trinajstić information content (AvgIpc) is 2.72. The zero-order chi connectivity index (χ0) is 13.4.